The Labute approximate surface area is 175 Å². The maximum Gasteiger partial charge on any atom is 0.225 e. The molecule has 1 saturated heterocycles. The molecular formula is C23H37N5O. The van der Waals surface area contributed by atoms with E-state index in [1.165, 1.54) is 24.1 Å². The van der Waals surface area contributed by atoms with Crippen LogP contribution in [0.2, 0.25) is 0 Å². The van der Waals surface area contributed by atoms with Crippen LogP contribution in [0.3, 0.4) is 0 Å². The molecule has 1 heterocycles. The molecule has 29 heavy (non-hydrogen) atoms. The topological polar surface area (TPSA) is 60.0 Å². The number of carbonyl (C=O) groups excluding carboxylic acids is 1. The Balaban J connectivity index is 1.44. The molecule has 2 N–H and O–H groups in total. The number of amides is 1. The third-order valence-corrected chi connectivity index (χ3v) is 6.28. The summed E-state index contributed by atoms with van der Waals surface area (Å²) in [4.78, 5) is 21.5. The minimum absolute atomic E-state index is 0.271. The molecule has 6 heteroatoms. The molecule has 0 spiro atoms. The Morgan fingerprint density at radius 2 is 2.00 bits per heavy atom. The number of nitrogens with zero attached hydrogens (tertiary/aromatic N) is 3. The molecule has 1 aliphatic heterocycles. The first-order valence-electron chi connectivity index (χ1n) is 11.2. The fraction of sp³-hybridized carbons (Fsp3) is 0.652. The Hall–Kier alpha value is -2.24. The normalized spacial score (nSPS) is 20.2. The highest BCUT2D eigenvalue weighted by atomic mass is 16.2. The second-order valence-electron chi connectivity index (χ2n) is 8.26. The van der Waals surface area contributed by atoms with Gasteiger partial charge in [0.2, 0.25) is 5.91 Å². The number of guanidine groups is 1. The molecule has 2 aliphatic rings. The maximum atomic E-state index is 12.6. The van der Waals surface area contributed by atoms with Crippen LogP contribution in [0, 0.1) is 12.8 Å². The first kappa shape index (κ1) is 21.5. The van der Waals surface area contributed by atoms with E-state index in [9.17, 15) is 4.79 Å². The van der Waals surface area contributed by atoms with Crippen molar-refractivity contribution in [1.82, 2.24) is 15.5 Å². The van der Waals surface area contributed by atoms with Crippen molar-refractivity contribution >= 4 is 17.6 Å². The predicted octanol–water partition coefficient (Wildman–Crippen LogP) is 2.78. The molecule has 160 valence electrons. The highest BCUT2D eigenvalue weighted by Gasteiger charge is 2.32. The third kappa shape index (κ3) is 5.64. The van der Waals surface area contributed by atoms with Crippen molar-refractivity contribution < 1.29 is 4.79 Å². The van der Waals surface area contributed by atoms with Crippen LogP contribution in [-0.2, 0) is 4.79 Å². The van der Waals surface area contributed by atoms with E-state index in [4.69, 9.17) is 0 Å². The monoisotopic (exact) mass is 399 g/mol. The number of hydrogen-bond donors (Lipinski definition) is 2. The number of benzene rings is 1. The molecule has 0 radical (unpaired) electrons. The molecule has 0 bridgehead atoms. The van der Waals surface area contributed by atoms with Gasteiger partial charge in [-0.1, -0.05) is 31.0 Å². The van der Waals surface area contributed by atoms with Crippen molar-refractivity contribution in [2.45, 2.75) is 52.0 Å². The summed E-state index contributed by atoms with van der Waals surface area (Å²) in [6.45, 7) is 8.71. The van der Waals surface area contributed by atoms with Crippen LogP contribution in [-0.4, -0.2) is 62.6 Å². The summed E-state index contributed by atoms with van der Waals surface area (Å²) in [5, 5.41) is 6.95. The summed E-state index contributed by atoms with van der Waals surface area (Å²) >= 11 is 0. The molecule has 1 aromatic rings. The quantitative estimate of drug-likeness (QED) is 0.547. The molecule has 2 fully saturated rings. The third-order valence-electron chi connectivity index (χ3n) is 6.28. The van der Waals surface area contributed by atoms with Crippen LogP contribution in [0.1, 0.15) is 44.6 Å². The van der Waals surface area contributed by atoms with E-state index in [0.29, 0.717) is 5.91 Å². The molecule has 1 aliphatic carbocycles. The second-order valence-corrected chi connectivity index (χ2v) is 8.26. The van der Waals surface area contributed by atoms with Crippen molar-refractivity contribution in [2.24, 2.45) is 10.9 Å². The predicted molar refractivity (Wildman–Crippen MR) is 121 cm³/mol. The van der Waals surface area contributed by atoms with Gasteiger partial charge in [0.15, 0.2) is 5.96 Å². The van der Waals surface area contributed by atoms with E-state index in [2.05, 4.69) is 63.5 Å². The number of aryl methyl sites for hydroxylation is 1. The second kappa shape index (κ2) is 10.5. The summed E-state index contributed by atoms with van der Waals surface area (Å²) in [5.41, 5.74) is 2.59. The minimum atomic E-state index is 0.271. The van der Waals surface area contributed by atoms with Gasteiger partial charge in [-0.25, -0.2) is 0 Å². The van der Waals surface area contributed by atoms with E-state index in [1.807, 2.05) is 7.05 Å². The number of anilines is 1. The Morgan fingerprint density at radius 1 is 1.24 bits per heavy atom. The van der Waals surface area contributed by atoms with Crippen LogP contribution in [0.15, 0.2) is 29.3 Å². The largest absolute Gasteiger partial charge is 0.370 e. The maximum absolute atomic E-state index is 12.6. The van der Waals surface area contributed by atoms with Crippen molar-refractivity contribution in [2.75, 3.05) is 44.7 Å². The van der Waals surface area contributed by atoms with Gasteiger partial charge >= 0.3 is 0 Å². The molecule has 1 unspecified atom stereocenters. The number of para-hydroxylation sites is 1. The van der Waals surface area contributed by atoms with Crippen molar-refractivity contribution in [3.63, 3.8) is 0 Å². The lowest BCUT2D eigenvalue weighted by atomic mass is 10.1. The lowest BCUT2D eigenvalue weighted by Gasteiger charge is -2.26. The number of nitrogens with one attached hydrogen (secondary N) is 2. The Kier molecular flexibility index (Phi) is 7.78. The van der Waals surface area contributed by atoms with Gasteiger partial charge in [-0.3, -0.25) is 9.79 Å². The Bertz CT molecular complexity index is 698. The first-order chi connectivity index (χ1) is 14.1. The molecule has 1 amide bonds. The minimum Gasteiger partial charge on any atom is -0.370 e. The summed E-state index contributed by atoms with van der Waals surface area (Å²) in [6.07, 6.45) is 5.56. The fourth-order valence-electron chi connectivity index (χ4n) is 4.57. The highest BCUT2D eigenvalue weighted by molar-refractivity contribution is 5.81. The molecule has 1 saturated carbocycles. The average molecular weight is 400 g/mol. The van der Waals surface area contributed by atoms with Gasteiger partial charge in [0, 0.05) is 57.4 Å². The van der Waals surface area contributed by atoms with Crippen LogP contribution in [0.5, 0.6) is 0 Å². The van der Waals surface area contributed by atoms with Crippen LogP contribution in [0.4, 0.5) is 5.69 Å². The number of likely N-dealkylation sites (N-methyl/N-ethyl adjacent to an activating group) is 1. The highest BCUT2D eigenvalue weighted by Crippen LogP contribution is 2.27. The van der Waals surface area contributed by atoms with E-state index in [-0.39, 0.29) is 12.0 Å². The standard InChI is InChI=1S/C23H37N5O/c1-4-27(21-12-8-5-9-18(21)2)16-14-25-23(24-3)26-20-13-15-28(17-20)22(29)19-10-6-7-11-19/h5,8-9,12,19-20H,4,6-7,10-11,13-17H2,1-3H3,(H2,24,25,26). The van der Waals surface area contributed by atoms with Gasteiger partial charge in [-0.15, -0.1) is 0 Å². The first-order valence-corrected chi connectivity index (χ1v) is 11.2. The van der Waals surface area contributed by atoms with Crippen molar-refractivity contribution in [3.8, 4) is 0 Å². The summed E-state index contributed by atoms with van der Waals surface area (Å²) in [7, 11) is 1.81. The van der Waals surface area contributed by atoms with E-state index in [0.717, 1.165) is 57.9 Å². The lowest BCUT2D eigenvalue weighted by Crippen LogP contribution is -2.47. The molecule has 0 aromatic heterocycles. The smallest absolute Gasteiger partial charge is 0.225 e. The fourth-order valence-corrected chi connectivity index (χ4v) is 4.57. The van der Waals surface area contributed by atoms with Crippen LogP contribution < -0.4 is 15.5 Å². The van der Waals surface area contributed by atoms with Gasteiger partial charge in [0.25, 0.3) is 0 Å². The molecule has 3 rings (SSSR count). The SMILES string of the molecule is CCN(CCNC(=NC)NC1CCN(C(=O)C2CCCC2)C1)c1ccccc1C. The van der Waals surface area contributed by atoms with Gasteiger partial charge < -0.3 is 20.4 Å². The van der Waals surface area contributed by atoms with Gasteiger partial charge in [-0.05, 0) is 44.7 Å². The number of rotatable bonds is 7. The lowest BCUT2D eigenvalue weighted by molar-refractivity contribution is -0.134. The van der Waals surface area contributed by atoms with Gasteiger partial charge in [0.1, 0.15) is 0 Å². The summed E-state index contributed by atoms with van der Waals surface area (Å²) < 4.78 is 0. The molecular weight excluding hydrogens is 362 g/mol. The number of hydrogen-bond acceptors (Lipinski definition) is 3. The number of carbonyl (C=O) groups is 1. The van der Waals surface area contributed by atoms with Gasteiger partial charge in [0.05, 0.1) is 0 Å². The zero-order chi connectivity index (χ0) is 20.6. The van der Waals surface area contributed by atoms with E-state index < -0.39 is 0 Å². The number of likely N-dealkylation sites (tertiary alicyclic amines) is 1. The summed E-state index contributed by atoms with van der Waals surface area (Å²) in [6, 6.07) is 8.80. The molecule has 1 atom stereocenters. The van der Waals surface area contributed by atoms with Crippen LogP contribution in [0.25, 0.3) is 0 Å². The average Bonchev–Trinajstić information content (AvgIpc) is 3.43. The van der Waals surface area contributed by atoms with E-state index in [1.54, 1.807) is 0 Å². The zero-order valence-corrected chi connectivity index (χ0v) is 18.3. The molecule has 6 nitrogen and oxygen atoms in total. The van der Waals surface area contributed by atoms with Gasteiger partial charge in [-0.2, -0.15) is 0 Å². The number of aliphatic imine (C=N–C) groups is 1. The summed E-state index contributed by atoms with van der Waals surface area (Å²) in [5.74, 6) is 1.46. The van der Waals surface area contributed by atoms with E-state index >= 15 is 0 Å². The van der Waals surface area contributed by atoms with Crippen molar-refractivity contribution in [3.05, 3.63) is 29.8 Å². The molecule has 1 aromatic carbocycles. The zero-order valence-electron chi connectivity index (χ0n) is 18.3. The van der Waals surface area contributed by atoms with Crippen LogP contribution >= 0.6 is 0 Å². The van der Waals surface area contributed by atoms with Crippen molar-refractivity contribution in [1.29, 1.82) is 0 Å². The Morgan fingerprint density at radius 3 is 2.69 bits per heavy atom.